The van der Waals surface area contributed by atoms with E-state index in [-0.39, 0.29) is 5.91 Å². The van der Waals surface area contributed by atoms with Crippen molar-refractivity contribution in [3.63, 3.8) is 0 Å². The van der Waals surface area contributed by atoms with E-state index < -0.39 is 24.5 Å². The van der Waals surface area contributed by atoms with Gasteiger partial charge in [-0.3, -0.25) is 9.59 Å². The van der Waals surface area contributed by atoms with Crippen molar-refractivity contribution in [2.45, 2.75) is 26.8 Å². The average molecular weight is 348 g/mol. The van der Waals surface area contributed by atoms with Crippen molar-refractivity contribution in [2.24, 2.45) is 0 Å². The monoisotopic (exact) mass is 348 g/mol. The van der Waals surface area contributed by atoms with Gasteiger partial charge in [-0.15, -0.1) is 0 Å². The Morgan fingerprint density at radius 2 is 1.92 bits per heavy atom. The van der Waals surface area contributed by atoms with E-state index in [1.54, 1.807) is 32.1 Å². The Balaban J connectivity index is 2.47. The van der Waals surface area contributed by atoms with E-state index in [1.165, 1.54) is 6.08 Å². The predicted molar refractivity (Wildman–Crippen MR) is 93.9 cm³/mol. The molecular formula is C18H24N2O5. The molecule has 1 rings (SSSR count). The highest BCUT2D eigenvalue weighted by Crippen LogP contribution is 2.19. The molecule has 1 aromatic rings. The fraction of sp³-hybridized carbons (Fsp3) is 0.389. The van der Waals surface area contributed by atoms with Crippen molar-refractivity contribution >= 4 is 23.9 Å². The van der Waals surface area contributed by atoms with E-state index in [9.17, 15) is 14.4 Å². The van der Waals surface area contributed by atoms with Gasteiger partial charge in [0.2, 0.25) is 5.91 Å². The summed E-state index contributed by atoms with van der Waals surface area (Å²) in [4.78, 5) is 34.9. The number of benzene rings is 1. The van der Waals surface area contributed by atoms with Crippen LogP contribution in [-0.4, -0.2) is 43.6 Å². The second-order valence-corrected chi connectivity index (χ2v) is 5.10. The number of nitrogens with one attached hydrogen (secondary N) is 2. The number of rotatable bonds is 9. The van der Waals surface area contributed by atoms with Gasteiger partial charge in [0.1, 0.15) is 11.8 Å². The molecule has 0 saturated heterocycles. The van der Waals surface area contributed by atoms with Crippen LogP contribution in [0.15, 0.2) is 30.3 Å². The molecule has 2 N–H and O–H groups in total. The van der Waals surface area contributed by atoms with E-state index in [2.05, 4.69) is 10.6 Å². The summed E-state index contributed by atoms with van der Waals surface area (Å²) in [7, 11) is 0. The van der Waals surface area contributed by atoms with Crippen LogP contribution in [-0.2, 0) is 19.1 Å². The minimum Gasteiger partial charge on any atom is -0.493 e. The maximum absolute atomic E-state index is 11.7. The van der Waals surface area contributed by atoms with Crippen LogP contribution >= 0.6 is 0 Å². The lowest BCUT2D eigenvalue weighted by molar-refractivity contribution is -0.144. The van der Waals surface area contributed by atoms with Gasteiger partial charge in [0.25, 0.3) is 5.91 Å². The van der Waals surface area contributed by atoms with E-state index in [1.807, 2.05) is 19.1 Å². The zero-order valence-corrected chi connectivity index (χ0v) is 14.7. The Hall–Kier alpha value is -2.83. The molecule has 0 aromatic heterocycles. The van der Waals surface area contributed by atoms with Crippen molar-refractivity contribution in [1.82, 2.24) is 10.6 Å². The molecule has 0 radical (unpaired) electrons. The van der Waals surface area contributed by atoms with Gasteiger partial charge < -0.3 is 20.1 Å². The molecule has 2 amide bonds. The van der Waals surface area contributed by atoms with Crippen LogP contribution in [0.4, 0.5) is 0 Å². The molecule has 0 spiro atoms. The van der Waals surface area contributed by atoms with Gasteiger partial charge >= 0.3 is 5.97 Å². The number of likely N-dealkylation sites (N-methyl/N-ethyl adjacent to an activating group) is 1. The topological polar surface area (TPSA) is 93.7 Å². The first kappa shape index (κ1) is 20.2. The quantitative estimate of drug-likeness (QED) is 0.518. The molecule has 136 valence electrons. The SMILES string of the molecule is CCNC(=O)[C@H](C)NC(=O)COC(=O)/C=C/c1ccccc1OCC. The Kier molecular flexibility index (Phi) is 8.78. The summed E-state index contributed by atoms with van der Waals surface area (Å²) in [5, 5.41) is 5.03. The Bertz CT molecular complexity index is 628. The third kappa shape index (κ3) is 7.52. The summed E-state index contributed by atoms with van der Waals surface area (Å²) in [5.41, 5.74) is 0.732. The lowest BCUT2D eigenvalue weighted by Crippen LogP contribution is -2.46. The number of amides is 2. The molecule has 7 nitrogen and oxygen atoms in total. The number of para-hydroxylation sites is 1. The van der Waals surface area contributed by atoms with Gasteiger partial charge in [0, 0.05) is 18.2 Å². The lowest BCUT2D eigenvalue weighted by atomic mass is 10.2. The lowest BCUT2D eigenvalue weighted by Gasteiger charge is -2.13. The first-order chi connectivity index (χ1) is 12.0. The predicted octanol–water partition coefficient (Wildman–Crippen LogP) is 1.28. The van der Waals surface area contributed by atoms with Crippen molar-refractivity contribution in [3.05, 3.63) is 35.9 Å². The van der Waals surface area contributed by atoms with Gasteiger partial charge in [0.05, 0.1) is 6.61 Å². The molecule has 7 heteroatoms. The number of ether oxygens (including phenoxy) is 2. The summed E-state index contributed by atoms with van der Waals surface area (Å²) in [6.45, 7) is 5.73. The zero-order valence-electron chi connectivity index (χ0n) is 14.7. The van der Waals surface area contributed by atoms with Crippen molar-refractivity contribution in [3.8, 4) is 5.75 Å². The first-order valence-electron chi connectivity index (χ1n) is 8.11. The minimum atomic E-state index is -0.695. The maximum Gasteiger partial charge on any atom is 0.331 e. The summed E-state index contributed by atoms with van der Waals surface area (Å²) in [6, 6.07) is 6.56. The summed E-state index contributed by atoms with van der Waals surface area (Å²) >= 11 is 0. The van der Waals surface area contributed by atoms with Crippen LogP contribution in [0.2, 0.25) is 0 Å². The van der Waals surface area contributed by atoms with Crippen LogP contribution in [0.1, 0.15) is 26.3 Å². The highest BCUT2D eigenvalue weighted by atomic mass is 16.5. The third-order valence-corrected chi connectivity index (χ3v) is 3.09. The fourth-order valence-corrected chi connectivity index (χ4v) is 1.92. The molecule has 0 saturated carbocycles. The van der Waals surface area contributed by atoms with E-state index in [0.717, 1.165) is 5.56 Å². The maximum atomic E-state index is 11.7. The van der Waals surface area contributed by atoms with Crippen LogP contribution in [0.5, 0.6) is 5.75 Å². The molecule has 0 aliphatic heterocycles. The van der Waals surface area contributed by atoms with Gasteiger partial charge in [-0.2, -0.15) is 0 Å². The van der Waals surface area contributed by atoms with Crippen molar-refractivity contribution in [1.29, 1.82) is 0 Å². The second-order valence-electron chi connectivity index (χ2n) is 5.10. The Morgan fingerprint density at radius 3 is 2.60 bits per heavy atom. The van der Waals surface area contributed by atoms with E-state index >= 15 is 0 Å². The smallest absolute Gasteiger partial charge is 0.331 e. The number of esters is 1. The number of hydrogen-bond acceptors (Lipinski definition) is 5. The van der Waals surface area contributed by atoms with Gasteiger partial charge in [-0.05, 0) is 32.9 Å². The molecule has 0 aliphatic carbocycles. The van der Waals surface area contributed by atoms with Gasteiger partial charge in [-0.1, -0.05) is 18.2 Å². The Morgan fingerprint density at radius 1 is 1.20 bits per heavy atom. The molecule has 0 aliphatic rings. The third-order valence-electron chi connectivity index (χ3n) is 3.09. The number of carbonyl (C=O) groups excluding carboxylic acids is 3. The van der Waals surface area contributed by atoms with Gasteiger partial charge in [0.15, 0.2) is 6.61 Å². The highest BCUT2D eigenvalue weighted by Gasteiger charge is 2.15. The van der Waals surface area contributed by atoms with E-state index in [4.69, 9.17) is 9.47 Å². The van der Waals surface area contributed by atoms with Gasteiger partial charge in [-0.25, -0.2) is 4.79 Å². The molecule has 0 bridgehead atoms. The molecular weight excluding hydrogens is 324 g/mol. The molecule has 25 heavy (non-hydrogen) atoms. The number of hydrogen-bond donors (Lipinski definition) is 2. The summed E-state index contributed by atoms with van der Waals surface area (Å²) in [6.07, 6.45) is 2.78. The standard InChI is InChI=1S/C18H24N2O5/c1-4-19-18(23)13(3)20-16(21)12-25-17(22)11-10-14-8-6-7-9-15(14)24-5-2/h6-11,13H,4-5,12H2,1-3H3,(H,19,23)(H,20,21)/b11-10+/t13-/m0/s1. The summed E-state index contributed by atoms with van der Waals surface area (Å²) in [5.74, 6) is -0.848. The zero-order chi connectivity index (χ0) is 18.7. The fourth-order valence-electron chi connectivity index (χ4n) is 1.92. The molecule has 0 heterocycles. The van der Waals surface area contributed by atoms with Crippen LogP contribution in [0.3, 0.4) is 0 Å². The number of carbonyl (C=O) groups is 3. The summed E-state index contributed by atoms with van der Waals surface area (Å²) < 4.78 is 10.3. The Labute approximate surface area is 147 Å². The normalized spacial score (nSPS) is 11.6. The van der Waals surface area contributed by atoms with Crippen LogP contribution in [0.25, 0.3) is 6.08 Å². The highest BCUT2D eigenvalue weighted by molar-refractivity contribution is 5.91. The molecule has 1 atom stereocenters. The van der Waals surface area contributed by atoms with Crippen LogP contribution in [0, 0.1) is 0 Å². The first-order valence-corrected chi connectivity index (χ1v) is 8.11. The molecule has 0 fully saturated rings. The van der Waals surface area contributed by atoms with Crippen LogP contribution < -0.4 is 15.4 Å². The minimum absolute atomic E-state index is 0.297. The largest absolute Gasteiger partial charge is 0.493 e. The molecule has 0 unspecified atom stereocenters. The second kappa shape index (κ2) is 10.9. The van der Waals surface area contributed by atoms with E-state index in [0.29, 0.717) is 18.9 Å². The molecule has 1 aromatic carbocycles. The van der Waals surface area contributed by atoms with Crippen molar-refractivity contribution in [2.75, 3.05) is 19.8 Å². The van der Waals surface area contributed by atoms with Crippen molar-refractivity contribution < 1.29 is 23.9 Å². The average Bonchev–Trinajstić information content (AvgIpc) is 2.59.